The second-order valence-electron chi connectivity index (χ2n) is 5.70. The van der Waals surface area contributed by atoms with Gasteiger partial charge in [0.25, 0.3) is 0 Å². The minimum atomic E-state index is -0.0714. The van der Waals surface area contributed by atoms with Crippen molar-refractivity contribution in [3.05, 3.63) is 53.5 Å². The lowest BCUT2D eigenvalue weighted by molar-refractivity contribution is 0.473. The molecule has 0 saturated carbocycles. The quantitative estimate of drug-likeness (QED) is 0.781. The first-order valence-corrected chi connectivity index (χ1v) is 6.51. The molecule has 3 aromatic rings. The van der Waals surface area contributed by atoms with Gasteiger partial charge < -0.3 is 0 Å². The smallest absolute Gasteiger partial charge is 0.177 e. The maximum atomic E-state index is 4.35. The summed E-state index contributed by atoms with van der Waals surface area (Å²) in [5.41, 5.74) is 3.22. The number of benzene rings is 1. The largest absolute Gasteiger partial charge is 0.295 e. The van der Waals surface area contributed by atoms with Crippen molar-refractivity contribution in [2.75, 3.05) is 0 Å². The number of aromatic nitrogens is 4. The van der Waals surface area contributed by atoms with Gasteiger partial charge in [0, 0.05) is 17.2 Å². The first-order valence-electron chi connectivity index (χ1n) is 6.51. The van der Waals surface area contributed by atoms with Crippen molar-refractivity contribution >= 4 is 5.65 Å². The number of hydrogen-bond acceptors (Lipinski definition) is 2. The topological polar surface area (TPSA) is 46.0 Å². The highest BCUT2D eigenvalue weighted by molar-refractivity contribution is 5.39. The molecule has 0 aliphatic carbocycles. The van der Waals surface area contributed by atoms with Gasteiger partial charge in [-0.15, -0.1) is 10.2 Å². The van der Waals surface area contributed by atoms with E-state index in [0.29, 0.717) is 0 Å². The van der Waals surface area contributed by atoms with Crippen molar-refractivity contribution in [2.24, 2.45) is 0 Å². The molecule has 0 aliphatic rings. The third-order valence-corrected chi connectivity index (χ3v) is 3.42. The maximum absolute atomic E-state index is 4.35. The van der Waals surface area contributed by atoms with Crippen molar-refractivity contribution in [1.29, 1.82) is 0 Å². The van der Waals surface area contributed by atoms with Gasteiger partial charge in [0.15, 0.2) is 11.5 Å². The number of rotatable bonds is 3. The zero-order valence-electron chi connectivity index (χ0n) is 11.5. The minimum absolute atomic E-state index is 0.0714. The van der Waals surface area contributed by atoms with E-state index in [2.05, 4.69) is 53.4 Å². The highest BCUT2D eigenvalue weighted by Gasteiger charge is 2.27. The van der Waals surface area contributed by atoms with Crippen LogP contribution in [0.1, 0.15) is 30.9 Å². The summed E-state index contributed by atoms with van der Waals surface area (Å²) in [6.45, 7) is 6.43. The molecule has 0 aliphatic heterocycles. The third-order valence-electron chi connectivity index (χ3n) is 3.42. The summed E-state index contributed by atoms with van der Waals surface area (Å²) in [4.78, 5) is 0. The number of aromatic amines is 1. The molecular weight excluding hydrogens is 236 g/mol. The van der Waals surface area contributed by atoms with Gasteiger partial charge in [-0.2, -0.15) is 0 Å². The Balaban J connectivity index is 1.99. The molecule has 0 fully saturated rings. The van der Waals surface area contributed by atoms with Crippen molar-refractivity contribution in [2.45, 2.75) is 32.6 Å². The molecule has 0 saturated heterocycles. The average molecular weight is 254 g/mol. The van der Waals surface area contributed by atoms with Gasteiger partial charge in [0.1, 0.15) is 0 Å². The van der Waals surface area contributed by atoms with E-state index in [0.717, 1.165) is 23.6 Å². The van der Waals surface area contributed by atoms with Crippen LogP contribution in [0, 0.1) is 6.92 Å². The lowest BCUT2D eigenvalue weighted by Gasteiger charge is -2.22. The van der Waals surface area contributed by atoms with Crippen molar-refractivity contribution in [3.63, 3.8) is 0 Å². The lowest BCUT2D eigenvalue weighted by Crippen LogP contribution is -2.24. The second-order valence-corrected chi connectivity index (χ2v) is 5.70. The van der Waals surface area contributed by atoms with E-state index in [9.17, 15) is 0 Å². The van der Waals surface area contributed by atoms with Crippen LogP contribution in [0.3, 0.4) is 0 Å². The zero-order chi connectivity index (χ0) is 13.5. The van der Waals surface area contributed by atoms with Gasteiger partial charge in [-0.1, -0.05) is 44.2 Å². The molecule has 4 nitrogen and oxygen atoms in total. The predicted molar refractivity (Wildman–Crippen MR) is 75.2 cm³/mol. The Morgan fingerprint density at radius 1 is 1.16 bits per heavy atom. The highest BCUT2D eigenvalue weighted by atomic mass is 15.4. The summed E-state index contributed by atoms with van der Waals surface area (Å²) in [6, 6.07) is 12.5. The predicted octanol–water partition coefficient (Wildman–Crippen LogP) is 2.89. The Morgan fingerprint density at radius 2 is 1.89 bits per heavy atom. The second kappa shape index (κ2) is 4.23. The average Bonchev–Trinajstić information content (AvgIpc) is 2.88. The third kappa shape index (κ3) is 2.14. The first kappa shape index (κ1) is 12.0. The molecule has 0 unspecified atom stereocenters. The molecule has 0 amide bonds. The molecule has 1 N–H and O–H groups in total. The molecule has 2 heterocycles. The fourth-order valence-corrected chi connectivity index (χ4v) is 2.53. The zero-order valence-corrected chi connectivity index (χ0v) is 11.5. The van der Waals surface area contributed by atoms with Crippen LogP contribution >= 0.6 is 0 Å². The van der Waals surface area contributed by atoms with E-state index in [1.54, 1.807) is 0 Å². The van der Waals surface area contributed by atoms with Gasteiger partial charge in [-0.25, -0.2) is 4.52 Å². The standard InChI is InChI=1S/C15H18N4/c1-11-9-13-16-17-14(19(13)18-11)15(2,3)10-12-7-5-4-6-8-12/h4-9,18H,10H2,1-3H3. The van der Waals surface area contributed by atoms with E-state index in [1.807, 2.05) is 23.6 Å². The minimum Gasteiger partial charge on any atom is -0.295 e. The van der Waals surface area contributed by atoms with E-state index in [1.165, 1.54) is 5.56 Å². The summed E-state index contributed by atoms with van der Waals surface area (Å²) in [5, 5.41) is 11.9. The van der Waals surface area contributed by atoms with Crippen molar-refractivity contribution < 1.29 is 0 Å². The molecule has 1 aromatic carbocycles. The Morgan fingerprint density at radius 3 is 2.63 bits per heavy atom. The summed E-state index contributed by atoms with van der Waals surface area (Å²) in [7, 11) is 0. The van der Waals surface area contributed by atoms with E-state index in [-0.39, 0.29) is 5.41 Å². The van der Waals surface area contributed by atoms with Crippen LogP contribution < -0.4 is 0 Å². The monoisotopic (exact) mass is 254 g/mol. The summed E-state index contributed by atoms with van der Waals surface area (Å²) in [5.74, 6) is 0.972. The molecule has 0 bridgehead atoms. The normalized spacial score (nSPS) is 12.2. The molecular formula is C15H18N4. The summed E-state index contributed by atoms with van der Waals surface area (Å²) < 4.78 is 1.98. The molecule has 98 valence electrons. The SMILES string of the molecule is Cc1cc2nnc(C(C)(C)Cc3ccccc3)n2[nH]1. The van der Waals surface area contributed by atoms with Gasteiger partial charge >= 0.3 is 0 Å². The van der Waals surface area contributed by atoms with Gasteiger partial charge in [0.2, 0.25) is 0 Å². The van der Waals surface area contributed by atoms with Crippen LogP contribution in [-0.4, -0.2) is 19.8 Å². The van der Waals surface area contributed by atoms with Gasteiger partial charge in [0.05, 0.1) is 0 Å². The lowest BCUT2D eigenvalue weighted by atomic mass is 9.85. The number of H-pyrrole nitrogens is 1. The highest BCUT2D eigenvalue weighted by Crippen LogP contribution is 2.26. The summed E-state index contributed by atoms with van der Waals surface area (Å²) in [6.07, 6.45) is 0.937. The summed E-state index contributed by atoms with van der Waals surface area (Å²) >= 11 is 0. The van der Waals surface area contributed by atoms with Crippen LogP contribution in [0.2, 0.25) is 0 Å². The maximum Gasteiger partial charge on any atom is 0.177 e. The fraction of sp³-hybridized carbons (Fsp3) is 0.333. The van der Waals surface area contributed by atoms with Crippen LogP contribution in [-0.2, 0) is 11.8 Å². The van der Waals surface area contributed by atoms with Crippen molar-refractivity contribution in [1.82, 2.24) is 19.8 Å². The Bertz CT molecular complexity index is 691. The molecule has 19 heavy (non-hydrogen) atoms. The van der Waals surface area contributed by atoms with E-state index >= 15 is 0 Å². The Labute approximate surface area is 112 Å². The molecule has 0 atom stereocenters. The molecule has 2 aromatic heterocycles. The van der Waals surface area contributed by atoms with Crippen LogP contribution in [0.15, 0.2) is 36.4 Å². The number of nitrogens with one attached hydrogen (secondary N) is 1. The number of fused-ring (bicyclic) bond motifs is 1. The molecule has 0 spiro atoms. The number of aryl methyl sites for hydroxylation is 1. The van der Waals surface area contributed by atoms with Gasteiger partial charge in [-0.3, -0.25) is 5.10 Å². The molecule has 0 radical (unpaired) electrons. The number of hydrogen-bond donors (Lipinski definition) is 1. The van der Waals surface area contributed by atoms with Crippen LogP contribution in [0.25, 0.3) is 5.65 Å². The number of nitrogens with zero attached hydrogens (tertiary/aromatic N) is 3. The Kier molecular flexibility index (Phi) is 2.66. The van der Waals surface area contributed by atoms with Gasteiger partial charge in [-0.05, 0) is 18.9 Å². The molecule has 4 heteroatoms. The Hall–Kier alpha value is -2.10. The fourth-order valence-electron chi connectivity index (χ4n) is 2.53. The van der Waals surface area contributed by atoms with E-state index in [4.69, 9.17) is 0 Å². The van der Waals surface area contributed by atoms with Crippen LogP contribution in [0.4, 0.5) is 0 Å². The van der Waals surface area contributed by atoms with Crippen LogP contribution in [0.5, 0.6) is 0 Å². The first-order chi connectivity index (χ1) is 9.06. The molecule has 3 rings (SSSR count). The van der Waals surface area contributed by atoms with E-state index < -0.39 is 0 Å². The van der Waals surface area contributed by atoms with Crippen molar-refractivity contribution in [3.8, 4) is 0 Å².